The molecule has 156 valence electrons. The molecule has 0 bridgehead atoms. The minimum absolute atomic E-state index is 0.0979. The number of rotatable bonds is 2. The van der Waals surface area contributed by atoms with Crippen LogP contribution in [0.25, 0.3) is 0 Å². The van der Waals surface area contributed by atoms with E-state index < -0.39 is 0 Å². The first kappa shape index (κ1) is 20.0. The Hall–Kier alpha value is -1.32. The quantitative estimate of drug-likeness (QED) is 0.605. The summed E-state index contributed by atoms with van der Waals surface area (Å²) < 4.78 is 11.3. The summed E-state index contributed by atoms with van der Waals surface area (Å²) in [7, 11) is 0. The van der Waals surface area contributed by atoms with E-state index >= 15 is 0 Å². The summed E-state index contributed by atoms with van der Waals surface area (Å²) in [5.41, 5.74) is 0.417. The normalized spacial score (nSPS) is 47.2. The lowest BCUT2D eigenvalue weighted by atomic mass is 9.44. The van der Waals surface area contributed by atoms with Crippen molar-refractivity contribution >= 4 is 11.9 Å². The molecule has 3 saturated carbocycles. The van der Waals surface area contributed by atoms with E-state index in [1.54, 1.807) is 6.92 Å². The number of hydrogen-bond acceptors (Lipinski definition) is 4. The SMILES string of the molecule is CC(=O)OC1=CC(C)C2(C)C(CCC3C4CCC(OC(C)=O)C4(C)CCC32)C1. The fraction of sp³-hybridized carbons (Fsp3) is 0.833. The molecule has 3 fully saturated rings. The fourth-order valence-corrected chi connectivity index (χ4v) is 7.88. The lowest BCUT2D eigenvalue weighted by Gasteiger charge is -2.61. The van der Waals surface area contributed by atoms with Crippen LogP contribution in [0.2, 0.25) is 0 Å². The third-order valence-electron chi connectivity index (χ3n) is 9.32. The molecule has 0 aromatic carbocycles. The highest BCUT2D eigenvalue weighted by molar-refractivity contribution is 5.67. The van der Waals surface area contributed by atoms with Gasteiger partial charge in [0.25, 0.3) is 0 Å². The topological polar surface area (TPSA) is 52.6 Å². The smallest absolute Gasteiger partial charge is 0.307 e. The van der Waals surface area contributed by atoms with Crippen LogP contribution in [0, 0.1) is 40.4 Å². The Balaban J connectivity index is 1.59. The maximum atomic E-state index is 11.6. The van der Waals surface area contributed by atoms with Gasteiger partial charge in [-0.1, -0.05) is 20.8 Å². The third-order valence-corrected chi connectivity index (χ3v) is 9.32. The van der Waals surface area contributed by atoms with Crippen molar-refractivity contribution in [3.8, 4) is 0 Å². The van der Waals surface area contributed by atoms with Crippen molar-refractivity contribution in [3.63, 3.8) is 0 Å². The molecule has 0 aliphatic heterocycles. The van der Waals surface area contributed by atoms with Gasteiger partial charge in [-0.2, -0.15) is 0 Å². The maximum Gasteiger partial charge on any atom is 0.307 e. The van der Waals surface area contributed by atoms with E-state index in [0.29, 0.717) is 23.7 Å². The Labute approximate surface area is 169 Å². The molecule has 4 aliphatic rings. The first-order valence-electron chi connectivity index (χ1n) is 11.2. The van der Waals surface area contributed by atoms with Crippen LogP contribution < -0.4 is 0 Å². The van der Waals surface area contributed by atoms with E-state index in [-0.39, 0.29) is 28.9 Å². The maximum absolute atomic E-state index is 11.6. The summed E-state index contributed by atoms with van der Waals surface area (Å²) in [6.07, 6.45) is 10.3. The van der Waals surface area contributed by atoms with Gasteiger partial charge in [-0.05, 0) is 79.6 Å². The van der Waals surface area contributed by atoms with Gasteiger partial charge in [-0.3, -0.25) is 9.59 Å². The predicted octanol–water partition coefficient (Wildman–Crippen LogP) is 5.26. The molecule has 28 heavy (non-hydrogen) atoms. The summed E-state index contributed by atoms with van der Waals surface area (Å²) in [6, 6.07) is 0. The molecule has 4 rings (SSSR count). The molecular weight excluding hydrogens is 352 g/mol. The van der Waals surface area contributed by atoms with Gasteiger partial charge in [0.2, 0.25) is 0 Å². The van der Waals surface area contributed by atoms with Gasteiger partial charge in [0, 0.05) is 25.7 Å². The van der Waals surface area contributed by atoms with E-state index in [2.05, 4.69) is 26.8 Å². The van der Waals surface area contributed by atoms with Gasteiger partial charge in [-0.25, -0.2) is 0 Å². The molecule has 4 aliphatic carbocycles. The molecule has 0 amide bonds. The lowest BCUT2D eigenvalue weighted by molar-refractivity contribution is -0.162. The van der Waals surface area contributed by atoms with E-state index in [9.17, 15) is 9.59 Å². The van der Waals surface area contributed by atoms with E-state index in [0.717, 1.165) is 30.9 Å². The summed E-state index contributed by atoms with van der Waals surface area (Å²) in [5.74, 6) is 3.68. The standard InChI is InChI=1S/C24H36O4/c1-14-12-18(27-15(2)25)13-17-6-7-19-20-8-9-22(28-16(3)26)23(20,4)11-10-21(19)24(14,17)5/h12,14,17,19-22H,6-11,13H2,1-5H3. The summed E-state index contributed by atoms with van der Waals surface area (Å²) in [6.45, 7) is 10.2. The average molecular weight is 389 g/mol. The molecule has 0 saturated heterocycles. The Morgan fingerprint density at radius 3 is 2.43 bits per heavy atom. The molecule has 0 spiro atoms. The Bertz CT molecular complexity index is 697. The third kappa shape index (κ3) is 2.93. The second-order valence-corrected chi connectivity index (χ2v) is 10.5. The Kier molecular flexibility index (Phi) is 4.91. The number of hydrogen-bond donors (Lipinski definition) is 0. The van der Waals surface area contributed by atoms with E-state index in [1.165, 1.54) is 32.6 Å². The first-order valence-corrected chi connectivity index (χ1v) is 11.2. The highest BCUT2D eigenvalue weighted by atomic mass is 16.5. The molecule has 0 heterocycles. The van der Waals surface area contributed by atoms with Crippen molar-refractivity contribution in [3.05, 3.63) is 11.8 Å². The van der Waals surface area contributed by atoms with Crippen LogP contribution in [0.4, 0.5) is 0 Å². The molecule has 4 nitrogen and oxygen atoms in total. The summed E-state index contributed by atoms with van der Waals surface area (Å²) >= 11 is 0. The van der Waals surface area contributed by atoms with Crippen LogP contribution in [-0.2, 0) is 19.1 Å². The average Bonchev–Trinajstić information content (AvgIpc) is 2.92. The number of carbonyl (C=O) groups excluding carboxylic acids is 2. The van der Waals surface area contributed by atoms with Crippen molar-refractivity contribution in [2.75, 3.05) is 0 Å². The van der Waals surface area contributed by atoms with Crippen molar-refractivity contribution in [2.24, 2.45) is 40.4 Å². The van der Waals surface area contributed by atoms with Crippen LogP contribution in [0.1, 0.15) is 79.6 Å². The van der Waals surface area contributed by atoms with Gasteiger partial charge in [0.1, 0.15) is 11.9 Å². The number of allylic oxidation sites excluding steroid dienone is 2. The Morgan fingerprint density at radius 2 is 1.75 bits per heavy atom. The van der Waals surface area contributed by atoms with Crippen molar-refractivity contribution in [1.82, 2.24) is 0 Å². The van der Waals surface area contributed by atoms with Crippen LogP contribution in [0.3, 0.4) is 0 Å². The number of esters is 2. The molecule has 0 aromatic heterocycles. The van der Waals surface area contributed by atoms with Crippen LogP contribution in [0.5, 0.6) is 0 Å². The van der Waals surface area contributed by atoms with Crippen molar-refractivity contribution in [2.45, 2.75) is 85.7 Å². The highest BCUT2D eigenvalue weighted by Gasteiger charge is 2.61. The molecule has 0 radical (unpaired) electrons. The van der Waals surface area contributed by atoms with Gasteiger partial charge in [0.05, 0.1) is 0 Å². The van der Waals surface area contributed by atoms with Gasteiger partial charge < -0.3 is 9.47 Å². The molecule has 0 aromatic rings. The number of carbonyl (C=O) groups is 2. The molecule has 8 unspecified atom stereocenters. The zero-order valence-electron chi connectivity index (χ0n) is 18.1. The molecular formula is C24H36O4. The van der Waals surface area contributed by atoms with E-state index in [1.807, 2.05) is 0 Å². The predicted molar refractivity (Wildman–Crippen MR) is 107 cm³/mol. The summed E-state index contributed by atoms with van der Waals surface area (Å²) in [4.78, 5) is 23.1. The second kappa shape index (κ2) is 6.88. The van der Waals surface area contributed by atoms with Crippen LogP contribution in [-0.4, -0.2) is 18.0 Å². The van der Waals surface area contributed by atoms with Crippen LogP contribution in [0.15, 0.2) is 11.8 Å². The zero-order chi connectivity index (χ0) is 20.3. The van der Waals surface area contributed by atoms with Crippen LogP contribution >= 0.6 is 0 Å². The van der Waals surface area contributed by atoms with Gasteiger partial charge in [0.15, 0.2) is 0 Å². The minimum atomic E-state index is -0.202. The lowest BCUT2D eigenvalue weighted by Crippen LogP contribution is -2.55. The number of ether oxygens (including phenoxy) is 2. The minimum Gasteiger partial charge on any atom is -0.462 e. The molecule has 8 atom stereocenters. The largest absolute Gasteiger partial charge is 0.462 e. The second-order valence-electron chi connectivity index (χ2n) is 10.5. The zero-order valence-corrected chi connectivity index (χ0v) is 18.1. The fourth-order valence-electron chi connectivity index (χ4n) is 7.88. The van der Waals surface area contributed by atoms with Crippen molar-refractivity contribution in [1.29, 1.82) is 0 Å². The number of fused-ring (bicyclic) bond motifs is 5. The van der Waals surface area contributed by atoms with Crippen molar-refractivity contribution < 1.29 is 19.1 Å². The molecule has 4 heteroatoms. The van der Waals surface area contributed by atoms with Gasteiger partial charge >= 0.3 is 11.9 Å². The monoisotopic (exact) mass is 388 g/mol. The first-order chi connectivity index (χ1) is 13.2. The Morgan fingerprint density at radius 1 is 1.00 bits per heavy atom. The summed E-state index contributed by atoms with van der Waals surface area (Å²) in [5, 5.41) is 0. The molecule has 0 N–H and O–H groups in total. The highest BCUT2D eigenvalue weighted by Crippen LogP contribution is 2.67. The van der Waals surface area contributed by atoms with Gasteiger partial charge in [-0.15, -0.1) is 0 Å². The van der Waals surface area contributed by atoms with E-state index in [4.69, 9.17) is 9.47 Å².